The van der Waals surface area contributed by atoms with Gasteiger partial charge in [0, 0.05) is 12.6 Å². The van der Waals surface area contributed by atoms with Crippen LogP contribution >= 0.6 is 11.6 Å². The molecule has 0 radical (unpaired) electrons. The third-order valence-corrected chi connectivity index (χ3v) is 3.75. The fraction of sp³-hybridized carbons (Fsp3) is 0.222. The molecule has 0 aromatic heterocycles. The number of carbonyl (C=O) groups excluding carboxylic acids is 2. The van der Waals surface area contributed by atoms with Gasteiger partial charge in [-0.25, -0.2) is 4.79 Å². The predicted octanol–water partition coefficient (Wildman–Crippen LogP) is 4.46. The first-order chi connectivity index (χ1) is 10.9. The van der Waals surface area contributed by atoms with E-state index in [1.807, 2.05) is 44.2 Å². The molecule has 0 aliphatic rings. The first-order valence-electron chi connectivity index (χ1n) is 7.15. The Morgan fingerprint density at radius 2 is 1.65 bits per heavy atom. The maximum atomic E-state index is 12.3. The first kappa shape index (κ1) is 17.0. The second-order valence-corrected chi connectivity index (χ2v) is 5.67. The van der Waals surface area contributed by atoms with Gasteiger partial charge in [0.2, 0.25) is 0 Å². The number of halogens is 1. The van der Waals surface area contributed by atoms with Crippen LogP contribution in [-0.2, 0) is 11.3 Å². The summed E-state index contributed by atoms with van der Waals surface area (Å²) in [6, 6.07) is 12.8. The molecule has 0 aliphatic heterocycles. The molecular weight excluding hydrogens is 314 g/mol. The molecule has 0 spiro atoms. The van der Waals surface area contributed by atoms with Crippen molar-refractivity contribution in [2.24, 2.45) is 0 Å². The summed E-state index contributed by atoms with van der Waals surface area (Å²) < 4.78 is 5.33. The van der Waals surface area contributed by atoms with Crippen LogP contribution in [0, 0.1) is 13.8 Å². The van der Waals surface area contributed by atoms with Gasteiger partial charge in [-0.2, -0.15) is 0 Å². The predicted molar refractivity (Wildman–Crippen MR) is 91.1 cm³/mol. The van der Waals surface area contributed by atoms with Crippen molar-refractivity contribution in [3.63, 3.8) is 0 Å². The van der Waals surface area contributed by atoms with Gasteiger partial charge in [0.05, 0.1) is 5.69 Å². The summed E-state index contributed by atoms with van der Waals surface area (Å²) in [5.74, 6) is 0. The lowest BCUT2D eigenvalue weighted by Gasteiger charge is -2.22. The van der Waals surface area contributed by atoms with E-state index in [1.54, 1.807) is 19.2 Å². The van der Waals surface area contributed by atoms with Crippen LogP contribution in [-0.4, -0.2) is 18.4 Å². The molecule has 0 saturated heterocycles. The highest BCUT2D eigenvalue weighted by molar-refractivity contribution is 6.67. The van der Waals surface area contributed by atoms with Gasteiger partial charge < -0.3 is 4.74 Å². The van der Waals surface area contributed by atoms with Crippen LogP contribution < -0.4 is 4.90 Å². The lowest BCUT2D eigenvalue weighted by molar-refractivity contribution is 0.108. The van der Waals surface area contributed by atoms with Gasteiger partial charge in [-0.1, -0.05) is 30.3 Å². The monoisotopic (exact) mass is 331 g/mol. The van der Waals surface area contributed by atoms with E-state index < -0.39 is 11.3 Å². The molecule has 4 nitrogen and oxygen atoms in total. The number of benzene rings is 2. The van der Waals surface area contributed by atoms with Crippen LogP contribution in [0.15, 0.2) is 42.5 Å². The van der Waals surface area contributed by atoms with E-state index in [2.05, 4.69) is 0 Å². The quantitative estimate of drug-likeness (QED) is 0.777. The van der Waals surface area contributed by atoms with Crippen molar-refractivity contribution in [3.8, 4) is 0 Å². The molecule has 0 bridgehead atoms. The Labute approximate surface area is 140 Å². The highest BCUT2D eigenvalue weighted by Gasteiger charge is 2.18. The summed E-state index contributed by atoms with van der Waals surface area (Å²) >= 11 is 5.52. The fourth-order valence-electron chi connectivity index (χ4n) is 2.51. The van der Waals surface area contributed by atoms with Gasteiger partial charge >= 0.3 is 6.09 Å². The van der Waals surface area contributed by atoms with Crippen LogP contribution in [0.25, 0.3) is 0 Å². The minimum absolute atomic E-state index is 0.209. The van der Waals surface area contributed by atoms with Crippen LogP contribution in [0.2, 0.25) is 0 Å². The number of carbonyl (C=O) groups is 2. The number of hydrogen-bond donors (Lipinski definition) is 0. The number of rotatable bonds is 4. The normalized spacial score (nSPS) is 10.3. The summed E-state index contributed by atoms with van der Waals surface area (Å²) in [5.41, 5.74) is 3.62. The molecule has 2 aromatic rings. The van der Waals surface area contributed by atoms with Gasteiger partial charge in [0.15, 0.2) is 0 Å². The average molecular weight is 332 g/mol. The molecule has 0 saturated carbocycles. The van der Waals surface area contributed by atoms with Crippen LogP contribution in [0.3, 0.4) is 0 Å². The molecule has 5 heteroatoms. The van der Waals surface area contributed by atoms with E-state index in [4.69, 9.17) is 16.3 Å². The molecule has 0 fully saturated rings. The summed E-state index contributed by atoms with van der Waals surface area (Å²) in [5, 5.41) is -0.517. The Balaban J connectivity index is 2.15. The van der Waals surface area contributed by atoms with E-state index >= 15 is 0 Å². The third kappa shape index (κ3) is 4.11. The standard InChI is InChI=1S/C18H18ClNO3/c1-12-9-15(17(19)21)10-13(2)16(12)20(3)18(22)23-11-14-7-5-4-6-8-14/h4-10H,11H2,1-3H3. The molecule has 120 valence electrons. The summed E-state index contributed by atoms with van der Waals surface area (Å²) in [6.45, 7) is 3.86. The zero-order valence-corrected chi connectivity index (χ0v) is 14.1. The van der Waals surface area contributed by atoms with Crippen molar-refractivity contribution in [2.45, 2.75) is 20.5 Å². The number of amides is 1. The molecule has 0 unspecified atom stereocenters. The van der Waals surface area contributed by atoms with Crippen molar-refractivity contribution >= 4 is 28.6 Å². The second kappa shape index (κ2) is 7.29. The SMILES string of the molecule is Cc1cc(C(=O)Cl)cc(C)c1N(C)C(=O)OCc1ccccc1. The van der Waals surface area contributed by atoms with Crippen molar-refractivity contribution < 1.29 is 14.3 Å². The number of hydrogen-bond acceptors (Lipinski definition) is 3. The number of nitrogens with zero attached hydrogens (tertiary/aromatic N) is 1. The van der Waals surface area contributed by atoms with Crippen LogP contribution in [0.4, 0.5) is 10.5 Å². The second-order valence-electron chi connectivity index (χ2n) is 5.33. The minimum atomic E-state index is -0.517. The Morgan fingerprint density at radius 3 is 2.17 bits per heavy atom. The lowest BCUT2D eigenvalue weighted by atomic mass is 10.0. The van der Waals surface area contributed by atoms with Gasteiger partial charge in [0.1, 0.15) is 6.61 Å². The molecule has 0 heterocycles. The van der Waals surface area contributed by atoms with Crippen molar-refractivity contribution in [2.75, 3.05) is 11.9 Å². The molecular formula is C18H18ClNO3. The zero-order valence-electron chi connectivity index (χ0n) is 13.3. The van der Waals surface area contributed by atoms with E-state index in [0.29, 0.717) is 11.3 Å². The fourth-order valence-corrected chi connectivity index (χ4v) is 2.61. The molecule has 23 heavy (non-hydrogen) atoms. The van der Waals surface area contributed by atoms with E-state index in [1.165, 1.54) is 4.90 Å². The van der Waals surface area contributed by atoms with Gasteiger partial charge in [-0.3, -0.25) is 9.69 Å². The van der Waals surface area contributed by atoms with Crippen molar-refractivity contribution in [1.82, 2.24) is 0 Å². The maximum Gasteiger partial charge on any atom is 0.414 e. The molecule has 0 N–H and O–H groups in total. The smallest absolute Gasteiger partial charge is 0.414 e. The third-order valence-electron chi connectivity index (χ3n) is 3.53. The Kier molecular flexibility index (Phi) is 5.40. The molecule has 1 amide bonds. The molecule has 2 aromatic carbocycles. The van der Waals surface area contributed by atoms with E-state index in [0.717, 1.165) is 16.7 Å². The maximum absolute atomic E-state index is 12.3. The van der Waals surface area contributed by atoms with E-state index in [9.17, 15) is 9.59 Å². The number of anilines is 1. The molecule has 2 rings (SSSR count). The Hall–Kier alpha value is -2.33. The van der Waals surface area contributed by atoms with Gasteiger partial charge in [-0.15, -0.1) is 0 Å². The average Bonchev–Trinajstić information content (AvgIpc) is 2.52. The summed E-state index contributed by atoms with van der Waals surface area (Å²) in [7, 11) is 1.64. The van der Waals surface area contributed by atoms with Crippen molar-refractivity contribution in [3.05, 3.63) is 64.7 Å². The topological polar surface area (TPSA) is 46.6 Å². The Bertz CT molecular complexity index is 705. The number of aryl methyl sites for hydroxylation is 2. The number of ether oxygens (including phenoxy) is 1. The largest absolute Gasteiger partial charge is 0.444 e. The summed E-state index contributed by atoms with van der Waals surface area (Å²) in [4.78, 5) is 25.0. The molecule has 0 aliphatic carbocycles. The summed E-state index contributed by atoms with van der Waals surface area (Å²) in [6.07, 6.45) is -0.454. The van der Waals surface area contributed by atoms with Crippen LogP contribution in [0.1, 0.15) is 27.0 Å². The zero-order chi connectivity index (χ0) is 17.0. The van der Waals surface area contributed by atoms with Crippen molar-refractivity contribution in [1.29, 1.82) is 0 Å². The van der Waals surface area contributed by atoms with Gasteiger partial charge in [-0.05, 0) is 54.3 Å². The lowest BCUT2D eigenvalue weighted by Crippen LogP contribution is -2.28. The van der Waals surface area contributed by atoms with Crippen LogP contribution in [0.5, 0.6) is 0 Å². The Morgan fingerprint density at radius 1 is 1.09 bits per heavy atom. The first-order valence-corrected chi connectivity index (χ1v) is 7.53. The van der Waals surface area contributed by atoms with E-state index in [-0.39, 0.29) is 6.61 Å². The highest BCUT2D eigenvalue weighted by Crippen LogP contribution is 2.27. The minimum Gasteiger partial charge on any atom is -0.444 e. The highest BCUT2D eigenvalue weighted by atomic mass is 35.5. The molecule has 0 atom stereocenters. The van der Waals surface area contributed by atoms with Gasteiger partial charge in [0.25, 0.3) is 5.24 Å².